The number of sulfone groups is 1. The van der Waals surface area contributed by atoms with Crippen LogP contribution in [0.2, 0.25) is 0 Å². The Labute approximate surface area is 300 Å². The van der Waals surface area contributed by atoms with Crippen molar-refractivity contribution < 1.29 is 27.7 Å². The highest BCUT2D eigenvalue weighted by Crippen LogP contribution is 2.33. The average Bonchev–Trinajstić information content (AvgIpc) is 3.15. The second-order valence-electron chi connectivity index (χ2n) is 12.9. The van der Waals surface area contributed by atoms with E-state index < -0.39 is 15.4 Å². The molecule has 0 spiro atoms. The molecule has 6 nitrogen and oxygen atoms in total. The van der Waals surface area contributed by atoms with E-state index in [0.717, 1.165) is 46.4 Å². The summed E-state index contributed by atoms with van der Waals surface area (Å²) >= 11 is 0. The summed E-state index contributed by atoms with van der Waals surface area (Å²) in [6, 6.07) is 43.9. The molecule has 260 valence electrons. The van der Waals surface area contributed by atoms with Crippen molar-refractivity contribution in [2.45, 2.75) is 62.0 Å². The molecular formula is C44H42O6S. The van der Waals surface area contributed by atoms with Gasteiger partial charge in [-0.2, -0.15) is 0 Å². The van der Waals surface area contributed by atoms with E-state index in [9.17, 15) is 13.5 Å². The molecule has 0 aromatic heterocycles. The van der Waals surface area contributed by atoms with Crippen LogP contribution in [0.5, 0.6) is 28.7 Å². The van der Waals surface area contributed by atoms with Crippen molar-refractivity contribution in [1.82, 2.24) is 0 Å². The van der Waals surface area contributed by atoms with Crippen LogP contribution >= 0.6 is 0 Å². The van der Waals surface area contributed by atoms with Gasteiger partial charge in [-0.25, -0.2) is 8.42 Å². The van der Waals surface area contributed by atoms with Gasteiger partial charge >= 0.3 is 0 Å². The molecule has 0 atom stereocenters. The first-order valence-corrected chi connectivity index (χ1v) is 18.6. The Balaban J connectivity index is 1.07. The van der Waals surface area contributed by atoms with Crippen molar-refractivity contribution in [2.75, 3.05) is 0 Å². The summed E-state index contributed by atoms with van der Waals surface area (Å²) in [4.78, 5) is 0.374. The first kappa shape index (κ1) is 35.3. The maximum absolute atomic E-state index is 13.5. The summed E-state index contributed by atoms with van der Waals surface area (Å²) in [5.74, 6) is 2.97. The molecule has 0 unspecified atom stereocenters. The molecule has 0 aliphatic rings. The Morgan fingerprint density at radius 3 is 1.35 bits per heavy atom. The molecule has 0 amide bonds. The molecule has 0 radical (unpaired) electrons. The normalized spacial score (nSPS) is 11.7. The second-order valence-corrected chi connectivity index (χ2v) is 14.8. The number of ether oxygens (including phenoxy) is 3. The van der Waals surface area contributed by atoms with Crippen LogP contribution in [0, 0.1) is 0 Å². The molecule has 6 aromatic rings. The van der Waals surface area contributed by atoms with Gasteiger partial charge in [0.05, 0.1) is 15.9 Å². The number of rotatable bonds is 13. The van der Waals surface area contributed by atoms with Gasteiger partial charge in [0.2, 0.25) is 9.84 Å². The molecule has 6 rings (SSSR count). The molecule has 0 saturated carbocycles. The summed E-state index contributed by atoms with van der Waals surface area (Å²) in [5, 5.41) is 9.56. The van der Waals surface area contributed by atoms with E-state index in [2.05, 4.69) is 26.0 Å². The van der Waals surface area contributed by atoms with Gasteiger partial charge < -0.3 is 19.3 Å². The fraction of sp³-hybridized carbons (Fsp3) is 0.182. The van der Waals surface area contributed by atoms with Crippen LogP contribution in [0.15, 0.2) is 155 Å². The van der Waals surface area contributed by atoms with Crippen LogP contribution < -0.4 is 14.2 Å². The summed E-state index contributed by atoms with van der Waals surface area (Å²) < 4.78 is 45.4. The smallest absolute Gasteiger partial charge is 0.206 e. The van der Waals surface area contributed by atoms with Gasteiger partial charge in [-0.05, 0) is 139 Å². The molecule has 6 aromatic carbocycles. The maximum Gasteiger partial charge on any atom is 0.206 e. The van der Waals surface area contributed by atoms with Gasteiger partial charge in [0, 0.05) is 0 Å². The SMILES string of the molecule is CCC(CC)Oc1ccc(-c2ccc(Oc3ccc(S(=O)(=O)c4ccc(C(C)(C)Oc5ccc(-c6ccc(O)cc6)cc5)cc4)cc3)cc2)cc1. The second kappa shape index (κ2) is 15.2. The fourth-order valence-corrected chi connectivity index (χ4v) is 7.07. The van der Waals surface area contributed by atoms with Crippen molar-refractivity contribution in [3.63, 3.8) is 0 Å². The minimum atomic E-state index is -3.75. The standard InChI is InChI=1S/C44H42O6S/c1-5-37(6-2)48-38-19-9-32(10-20-38)33-11-21-39(22-12-33)49-40-25-29-43(30-26-40)51(46,47)42-27-15-35(16-28-42)44(3,4)50-41-23-13-34(14-24-41)31-7-17-36(45)18-8-31/h7-30,37,45H,5-6H2,1-4H3. The van der Waals surface area contributed by atoms with E-state index >= 15 is 0 Å². The van der Waals surface area contributed by atoms with E-state index in [1.165, 1.54) is 0 Å². The third-order valence-electron chi connectivity index (χ3n) is 8.91. The van der Waals surface area contributed by atoms with Crippen molar-refractivity contribution in [3.8, 4) is 51.0 Å². The fourth-order valence-electron chi connectivity index (χ4n) is 5.81. The molecule has 7 heteroatoms. The highest BCUT2D eigenvalue weighted by Gasteiger charge is 2.25. The Morgan fingerprint density at radius 2 is 0.902 bits per heavy atom. The van der Waals surface area contributed by atoms with Crippen molar-refractivity contribution in [3.05, 3.63) is 151 Å². The van der Waals surface area contributed by atoms with Gasteiger partial charge in [-0.15, -0.1) is 0 Å². The van der Waals surface area contributed by atoms with Gasteiger partial charge in [-0.3, -0.25) is 0 Å². The lowest BCUT2D eigenvalue weighted by atomic mass is 9.98. The zero-order valence-corrected chi connectivity index (χ0v) is 30.1. The minimum absolute atomic E-state index is 0.179. The third kappa shape index (κ3) is 8.44. The molecule has 0 aliphatic heterocycles. The number of aromatic hydroxyl groups is 1. The lowest BCUT2D eigenvalue weighted by molar-refractivity contribution is 0.109. The van der Waals surface area contributed by atoms with Crippen LogP contribution in [0.3, 0.4) is 0 Å². The number of hydrogen-bond donors (Lipinski definition) is 1. The van der Waals surface area contributed by atoms with Crippen LogP contribution in [0.1, 0.15) is 46.1 Å². The highest BCUT2D eigenvalue weighted by molar-refractivity contribution is 7.91. The lowest BCUT2D eigenvalue weighted by Crippen LogP contribution is -2.25. The average molecular weight is 699 g/mol. The van der Waals surface area contributed by atoms with Crippen LogP contribution in [0.25, 0.3) is 22.3 Å². The Morgan fingerprint density at radius 1 is 0.529 bits per heavy atom. The van der Waals surface area contributed by atoms with E-state index in [1.807, 2.05) is 86.6 Å². The van der Waals surface area contributed by atoms with Gasteiger partial charge in [-0.1, -0.05) is 74.5 Å². The molecule has 1 N–H and O–H groups in total. The molecule has 0 saturated heterocycles. The third-order valence-corrected chi connectivity index (χ3v) is 10.7. The molecule has 0 heterocycles. The number of phenols is 1. The van der Waals surface area contributed by atoms with Crippen molar-refractivity contribution in [1.29, 1.82) is 0 Å². The van der Waals surface area contributed by atoms with E-state index in [4.69, 9.17) is 14.2 Å². The van der Waals surface area contributed by atoms with Crippen LogP contribution in [0.4, 0.5) is 0 Å². The topological polar surface area (TPSA) is 82.1 Å². The minimum Gasteiger partial charge on any atom is -0.508 e. The molecule has 0 bridgehead atoms. The van der Waals surface area contributed by atoms with Gasteiger partial charge in [0.1, 0.15) is 34.3 Å². The molecule has 0 aliphatic carbocycles. The van der Waals surface area contributed by atoms with Crippen molar-refractivity contribution in [2.24, 2.45) is 0 Å². The zero-order valence-electron chi connectivity index (χ0n) is 29.2. The number of hydrogen-bond acceptors (Lipinski definition) is 6. The number of phenolic OH excluding ortho intramolecular Hbond substituents is 1. The molecule has 0 fully saturated rings. The summed E-state index contributed by atoms with van der Waals surface area (Å²) in [6.45, 7) is 8.15. The van der Waals surface area contributed by atoms with Gasteiger partial charge in [0.25, 0.3) is 0 Å². The first-order chi connectivity index (χ1) is 24.5. The predicted octanol–water partition coefficient (Wildman–Crippen LogP) is 11.2. The van der Waals surface area contributed by atoms with Crippen LogP contribution in [-0.2, 0) is 15.4 Å². The summed E-state index contributed by atoms with van der Waals surface area (Å²) in [6.07, 6.45) is 2.18. The number of benzene rings is 6. The Hall–Kier alpha value is -5.53. The van der Waals surface area contributed by atoms with E-state index in [-0.39, 0.29) is 21.6 Å². The first-order valence-electron chi connectivity index (χ1n) is 17.1. The Kier molecular flexibility index (Phi) is 10.5. The highest BCUT2D eigenvalue weighted by atomic mass is 32.2. The quantitative estimate of drug-likeness (QED) is 0.129. The monoisotopic (exact) mass is 698 g/mol. The maximum atomic E-state index is 13.5. The molecule has 51 heavy (non-hydrogen) atoms. The largest absolute Gasteiger partial charge is 0.508 e. The zero-order chi connectivity index (χ0) is 36.0. The Bertz CT molecular complexity index is 2130. The van der Waals surface area contributed by atoms with Crippen LogP contribution in [-0.4, -0.2) is 19.6 Å². The molecular weight excluding hydrogens is 657 g/mol. The van der Waals surface area contributed by atoms with E-state index in [1.54, 1.807) is 60.7 Å². The van der Waals surface area contributed by atoms with Gasteiger partial charge in [0.15, 0.2) is 0 Å². The predicted molar refractivity (Wildman–Crippen MR) is 202 cm³/mol. The van der Waals surface area contributed by atoms with E-state index in [0.29, 0.717) is 17.2 Å². The van der Waals surface area contributed by atoms with Crippen molar-refractivity contribution >= 4 is 9.84 Å². The summed E-state index contributed by atoms with van der Waals surface area (Å²) in [5.41, 5.74) is 4.25. The summed E-state index contributed by atoms with van der Waals surface area (Å²) in [7, 11) is -3.75. The lowest BCUT2D eigenvalue weighted by Gasteiger charge is -2.27.